The zero-order valence-electron chi connectivity index (χ0n) is 15.2. The Labute approximate surface area is 157 Å². The van der Waals surface area contributed by atoms with E-state index in [0.29, 0.717) is 19.5 Å². The van der Waals surface area contributed by atoms with Crippen molar-refractivity contribution in [2.75, 3.05) is 12.8 Å². The Kier molecular flexibility index (Phi) is 5.98. The number of benzene rings is 1. The van der Waals surface area contributed by atoms with E-state index in [1.807, 2.05) is 46.2 Å². The maximum absolute atomic E-state index is 12.2. The van der Waals surface area contributed by atoms with Gasteiger partial charge in [-0.3, -0.25) is 14.3 Å². The fourth-order valence-electron chi connectivity index (χ4n) is 3.06. The van der Waals surface area contributed by atoms with E-state index in [9.17, 15) is 9.59 Å². The van der Waals surface area contributed by atoms with E-state index in [-0.39, 0.29) is 11.8 Å². The lowest BCUT2D eigenvalue weighted by atomic mass is 10.1. The van der Waals surface area contributed by atoms with E-state index >= 15 is 0 Å². The molecule has 6 nitrogen and oxygen atoms in total. The van der Waals surface area contributed by atoms with Crippen LogP contribution in [-0.2, 0) is 35.6 Å². The average molecular weight is 372 g/mol. The van der Waals surface area contributed by atoms with Gasteiger partial charge in [0.25, 0.3) is 0 Å². The molecule has 0 saturated heterocycles. The third kappa shape index (κ3) is 4.66. The number of aryl methyl sites for hydroxylation is 1. The summed E-state index contributed by atoms with van der Waals surface area (Å²) in [5.41, 5.74) is 2.85. The quantitative estimate of drug-likeness (QED) is 0.817. The standard InChI is InChI=1S/C19H24N4O2S/c1-14(24)22-8-3-9-23-17(13-22)11-16(21-23)12-20-19(25)10-15-4-6-18(26-2)7-5-15/h4-7,11H,3,8-10,12-13H2,1-2H3,(H,20,25). The van der Waals surface area contributed by atoms with Gasteiger partial charge < -0.3 is 10.2 Å². The molecule has 0 fully saturated rings. The highest BCUT2D eigenvalue weighted by atomic mass is 32.2. The van der Waals surface area contributed by atoms with E-state index in [2.05, 4.69) is 10.4 Å². The fourth-order valence-corrected chi connectivity index (χ4v) is 3.47. The van der Waals surface area contributed by atoms with Gasteiger partial charge >= 0.3 is 0 Å². The van der Waals surface area contributed by atoms with Crippen LogP contribution in [0.1, 0.15) is 30.3 Å². The molecule has 7 heteroatoms. The molecule has 0 aliphatic carbocycles. The van der Waals surface area contributed by atoms with Crippen molar-refractivity contribution in [2.45, 2.75) is 44.3 Å². The van der Waals surface area contributed by atoms with Gasteiger partial charge in [0.2, 0.25) is 11.8 Å². The second-order valence-corrected chi connectivity index (χ2v) is 7.33. The highest BCUT2D eigenvalue weighted by Gasteiger charge is 2.18. The van der Waals surface area contributed by atoms with Crippen LogP contribution in [0.5, 0.6) is 0 Å². The number of carbonyl (C=O) groups excluding carboxylic acids is 2. The summed E-state index contributed by atoms with van der Waals surface area (Å²) in [4.78, 5) is 26.8. The van der Waals surface area contributed by atoms with Crippen molar-refractivity contribution in [2.24, 2.45) is 0 Å². The first-order valence-electron chi connectivity index (χ1n) is 8.76. The summed E-state index contributed by atoms with van der Waals surface area (Å²) in [6.45, 7) is 4.15. The van der Waals surface area contributed by atoms with Gasteiger partial charge in [0.05, 0.1) is 30.9 Å². The predicted molar refractivity (Wildman–Crippen MR) is 102 cm³/mol. The van der Waals surface area contributed by atoms with Crippen molar-refractivity contribution >= 4 is 23.6 Å². The molecule has 0 unspecified atom stereocenters. The Morgan fingerprint density at radius 2 is 2.00 bits per heavy atom. The minimum atomic E-state index is -0.0181. The lowest BCUT2D eigenvalue weighted by molar-refractivity contribution is -0.129. The molecule has 0 atom stereocenters. The molecule has 1 aromatic carbocycles. The maximum atomic E-state index is 12.2. The van der Waals surface area contributed by atoms with Crippen molar-refractivity contribution in [3.8, 4) is 0 Å². The number of fused-ring (bicyclic) bond motifs is 1. The van der Waals surface area contributed by atoms with Crippen molar-refractivity contribution in [3.05, 3.63) is 47.3 Å². The van der Waals surface area contributed by atoms with Gasteiger partial charge in [-0.1, -0.05) is 12.1 Å². The number of aromatic nitrogens is 2. The van der Waals surface area contributed by atoms with Crippen LogP contribution in [0.25, 0.3) is 0 Å². The molecule has 0 bridgehead atoms. The van der Waals surface area contributed by atoms with Crippen LogP contribution in [0, 0.1) is 0 Å². The summed E-state index contributed by atoms with van der Waals surface area (Å²) < 4.78 is 1.95. The van der Waals surface area contributed by atoms with Crippen molar-refractivity contribution in [1.29, 1.82) is 0 Å². The number of carbonyl (C=O) groups is 2. The average Bonchev–Trinajstić information content (AvgIpc) is 2.90. The third-order valence-corrected chi connectivity index (χ3v) is 5.24. The van der Waals surface area contributed by atoms with Crippen LogP contribution < -0.4 is 5.32 Å². The SMILES string of the molecule is CSc1ccc(CC(=O)NCc2cc3n(n2)CCCN(C(C)=O)C3)cc1. The summed E-state index contributed by atoms with van der Waals surface area (Å²) in [5.74, 6) is 0.0671. The lowest BCUT2D eigenvalue weighted by Crippen LogP contribution is -2.28. The van der Waals surface area contributed by atoms with Crippen LogP contribution in [0.3, 0.4) is 0 Å². The number of nitrogens with zero attached hydrogens (tertiary/aromatic N) is 3. The number of rotatable bonds is 5. The van der Waals surface area contributed by atoms with Crippen LogP contribution in [0.4, 0.5) is 0 Å². The zero-order chi connectivity index (χ0) is 18.5. The number of nitrogens with one attached hydrogen (secondary N) is 1. The molecule has 1 aliphatic heterocycles. The molecule has 26 heavy (non-hydrogen) atoms. The van der Waals surface area contributed by atoms with Gasteiger partial charge in [-0.05, 0) is 36.4 Å². The third-order valence-electron chi connectivity index (χ3n) is 4.50. The largest absolute Gasteiger partial charge is 0.350 e. The monoisotopic (exact) mass is 372 g/mol. The molecule has 138 valence electrons. The molecule has 0 spiro atoms. The predicted octanol–water partition coefficient (Wildman–Crippen LogP) is 2.22. The smallest absolute Gasteiger partial charge is 0.224 e. The molecule has 2 aromatic rings. The number of amides is 2. The van der Waals surface area contributed by atoms with E-state index in [0.717, 1.165) is 36.5 Å². The first-order chi connectivity index (χ1) is 12.5. The van der Waals surface area contributed by atoms with Crippen LogP contribution in [0.15, 0.2) is 35.2 Å². The number of hydrogen-bond donors (Lipinski definition) is 1. The second kappa shape index (κ2) is 8.40. The van der Waals surface area contributed by atoms with Gasteiger partial charge in [-0.15, -0.1) is 11.8 Å². The molecule has 1 N–H and O–H groups in total. The summed E-state index contributed by atoms with van der Waals surface area (Å²) in [6, 6.07) is 10.0. The minimum absolute atomic E-state index is 0.0181. The highest BCUT2D eigenvalue weighted by Crippen LogP contribution is 2.16. The normalized spacial score (nSPS) is 13.8. The summed E-state index contributed by atoms with van der Waals surface area (Å²) in [6.07, 6.45) is 3.29. The van der Waals surface area contributed by atoms with Crippen molar-refractivity contribution in [3.63, 3.8) is 0 Å². The Morgan fingerprint density at radius 3 is 2.69 bits per heavy atom. The summed E-state index contributed by atoms with van der Waals surface area (Å²) in [7, 11) is 0. The molecule has 2 amide bonds. The van der Waals surface area contributed by atoms with Gasteiger partial charge in [-0.25, -0.2) is 0 Å². The maximum Gasteiger partial charge on any atom is 0.224 e. The molecule has 1 aliphatic rings. The van der Waals surface area contributed by atoms with Crippen LogP contribution >= 0.6 is 11.8 Å². The Bertz CT molecular complexity index is 785. The van der Waals surface area contributed by atoms with E-state index in [1.165, 1.54) is 4.90 Å². The van der Waals surface area contributed by atoms with E-state index in [4.69, 9.17) is 0 Å². The lowest BCUT2D eigenvalue weighted by Gasteiger charge is -2.17. The molecule has 1 aromatic heterocycles. The van der Waals surface area contributed by atoms with E-state index < -0.39 is 0 Å². The van der Waals surface area contributed by atoms with Crippen molar-refractivity contribution in [1.82, 2.24) is 20.0 Å². The van der Waals surface area contributed by atoms with Crippen LogP contribution in [-0.4, -0.2) is 39.3 Å². The van der Waals surface area contributed by atoms with Gasteiger partial charge in [0, 0.05) is 24.9 Å². The van der Waals surface area contributed by atoms with Gasteiger partial charge in [-0.2, -0.15) is 5.10 Å². The molecular weight excluding hydrogens is 348 g/mol. The van der Waals surface area contributed by atoms with Gasteiger partial charge in [0.1, 0.15) is 0 Å². The molecular formula is C19H24N4O2S. The molecule has 3 rings (SSSR count). The molecule has 0 radical (unpaired) electrons. The van der Waals surface area contributed by atoms with Gasteiger partial charge in [0.15, 0.2) is 0 Å². The highest BCUT2D eigenvalue weighted by molar-refractivity contribution is 7.98. The molecule has 2 heterocycles. The van der Waals surface area contributed by atoms with Crippen molar-refractivity contribution < 1.29 is 9.59 Å². The summed E-state index contributed by atoms with van der Waals surface area (Å²) in [5, 5.41) is 7.50. The van der Waals surface area contributed by atoms with Crippen LogP contribution in [0.2, 0.25) is 0 Å². The first-order valence-corrected chi connectivity index (χ1v) is 9.98. The Hall–Kier alpha value is -2.28. The first kappa shape index (κ1) is 18.5. The Morgan fingerprint density at radius 1 is 1.23 bits per heavy atom. The zero-order valence-corrected chi connectivity index (χ0v) is 16.0. The topological polar surface area (TPSA) is 67.2 Å². The number of hydrogen-bond acceptors (Lipinski definition) is 4. The second-order valence-electron chi connectivity index (χ2n) is 6.45. The fraction of sp³-hybridized carbons (Fsp3) is 0.421. The Balaban J connectivity index is 1.55. The summed E-state index contributed by atoms with van der Waals surface area (Å²) >= 11 is 1.68. The van der Waals surface area contributed by atoms with E-state index in [1.54, 1.807) is 18.7 Å². The minimum Gasteiger partial charge on any atom is -0.350 e. The number of thioether (sulfide) groups is 1. The molecule has 0 saturated carbocycles.